The monoisotopic (exact) mass is 289 g/mol. The topological polar surface area (TPSA) is 93.5 Å². The van der Waals surface area contributed by atoms with Crippen LogP contribution in [0.1, 0.15) is 11.9 Å². The van der Waals surface area contributed by atoms with Crippen LogP contribution in [0.4, 0.5) is 5.69 Å². The molecule has 1 atom stereocenters. The molecule has 0 aromatic carbocycles. The van der Waals surface area contributed by atoms with Crippen LogP contribution >= 0.6 is 0 Å². The van der Waals surface area contributed by atoms with Crippen molar-refractivity contribution in [3.8, 4) is 0 Å². The zero-order valence-electron chi connectivity index (χ0n) is 11.4. The lowest BCUT2D eigenvalue weighted by Gasteiger charge is -2.13. The van der Waals surface area contributed by atoms with Gasteiger partial charge in [0.25, 0.3) is 0 Å². The molecular formula is C14H15N3O4. The van der Waals surface area contributed by atoms with Crippen LogP contribution in [-0.2, 0) is 14.3 Å². The summed E-state index contributed by atoms with van der Waals surface area (Å²) in [5, 5.41) is 4.93. The first kappa shape index (κ1) is 14.7. The molecule has 2 N–H and O–H groups in total. The standard InChI is InChI=1S/C14H15N3O4/c1-20-12(11-5-3-7-21-11)9-16-13(18)14(19)17-10-4-2-6-15-8-10/h2-8,12H,9H2,1H3,(H,16,18)(H,17,19). The molecule has 0 aliphatic heterocycles. The number of methoxy groups -OCH3 is 1. The molecular weight excluding hydrogens is 274 g/mol. The van der Waals surface area contributed by atoms with Crippen LogP contribution in [0.5, 0.6) is 0 Å². The maximum Gasteiger partial charge on any atom is 0.313 e. The molecule has 0 aliphatic carbocycles. The number of hydrogen-bond acceptors (Lipinski definition) is 5. The number of rotatable bonds is 5. The van der Waals surface area contributed by atoms with Crippen molar-refractivity contribution in [3.63, 3.8) is 0 Å². The maximum absolute atomic E-state index is 11.7. The molecule has 110 valence electrons. The number of ether oxygens (including phenoxy) is 1. The molecule has 1 unspecified atom stereocenters. The first-order valence-corrected chi connectivity index (χ1v) is 6.26. The van der Waals surface area contributed by atoms with Crippen LogP contribution in [-0.4, -0.2) is 30.5 Å². The summed E-state index contributed by atoms with van der Waals surface area (Å²) in [4.78, 5) is 27.2. The molecule has 2 heterocycles. The Labute approximate surface area is 121 Å². The van der Waals surface area contributed by atoms with Crippen LogP contribution in [0.2, 0.25) is 0 Å². The minimum atomic E-state index is -0.766. The zero-order valence-corrected chi connectivity index (χ0v) is 11.4. The average molecular weight is 289 g/mol. The number of nitrogens with zero attached hydrogens (tertiary/aromatic N) is 1. The van der Waals surface area contributed by atoms with Gasteiger partial charge in [-0.05, 0) is 24.3 Å². The normalized spacial score (nSPS) is 11.7. The van der Waals surface area contributed by atoms with Crippen LogP contribution in [0.25, 0.3) is 0 Å². The molecule has 0 saturated carbocycles. The second kappa shape index (κ2) is 7.20. The summed E-state index contributed by atoms with van der Waals surface area (Å²) < 4.78 is 10.4. The van der Waals surface area contributed by atoms with Crippen molar-refractivity contribution in [2.75, 3.05) is 19.0 Å². The van der Waals surface area contributed by atoms with Crippen molar-refractivity contribution in [1.29, 1.82) is 0 Å². The highest BCUT2D eigenvalue weighted by molar-refractivity contribution is 6.39. The van der Waals surface area contributed by atoms with Crippen molar-refractivity contribution < 1.29 is 18.7 Å². The van der Waals surface area contributed by atoms with E-state index in [-0.39, 0.29) is 6.54 Å². The number of aromatic nitrogens is 1. The molecule has 0 fully saturated rings. The van der Waals surface area contributed by atoms with Gasteiger partial charge >= 0.3 is 11.8 Å². The average Bonchev–Trinajstić information content (AvgIpc) is 3.03. The van der Waals surface area contributed by atoms with Gasteiger partial charge in [0.1, 0.15) is 11.9 Å². The van der Waals surface area contributed by atoms with Gasteiger partial charge < -0.3 is 19.8 Å². The number of pyridine rings is 1. The van der Waals surface area contributed by atoms with Crippen molar-refractivity contribution in [2.24, 2.45) is 0 Å². The van der Waals surface area contributed by atoms with Crippen molar-refractivity contribution in [3.05, 3.63) is 48.7 Å². The van der Waals surface area contributed by atoms with E-state index in [1.165, 1.54) is 19.6 Å². The number of anilines is 1. The molecule has 7 heteroatoms. The predicted molar refractivity (Wildman–Crippen MR) is 74.3 cm³/mol. The highest BCUT2D eigenvalue weighted by atomic mass is 16.5. The lowest BCUT2D eigenvalue weighted by molar-refractivity contribution is -0.136. The Morgan fingerprint density at radius 1 is 1.33 bits per heavy atom. The van der Waals surface area contributed by atoms with Crippen molar-refractivity contribution in [1.82, 2.24) is 10.3 Å². The molecule has 21 heavy (non-hydrogen) atoms. The molecule has 0 spiro atoms. The molecule has 0 saturated heterocycles. The Hall–Kier alpha value is -2.67. The Balaban J connectivity index is 1.85. The van der Waals surface area contributed by atoms with Gasteiger partial charge in [0, 0.05) is 13.3 Å². The predicted octanol–water partition coefficient (Wildman–Crippen LogP) is 1.12. The van der Waals surface area contributed by atoms with E-state index in [0.29, 0.717) is 11.4 Å². The minimum absolute atomic E-state index is 0.128. The van der Waals surface area contributed by atoms with Gasteiger partial charge in [-0.2, -0.15) is 0 Å². The fourth-order valence-corrected chi connectivity index (χ4v) is 1.66. The maximum atomic E-state index is 11.7. The van der Waals surface area contributed by atoms with Gasteiger partial charge in [0.05, 0.1) is 24.7 Å². The number of furan rings is 1. The molecule has 0 radical (unpaired) electrons. The summed E-state index contributed by atoms with van der Waals surface area (Å²) in [6, 6.07) is 6.75. The lowest BCUT2D eigenvalue weighted by Crippen LogP contribution is -2.37. The van der Waals surface area contributed by atoms with Crippen molar-refractivity contribution >= 4 is 17.5 Å². The SMILES string of the molecule is COC(CNC(=O)C(=O)Nc1cccnc1)c1ccco1. The highest BCUT2D eigenvalue weighted by Gasteiger charge is 2.18. The summed E-state index contributed by atoms with van der Waals surface area (Å²) in [5.41, 5.74) is 0.451. The second-order valence-electron chi connectivity index (χ2n) is 4.15. The summed E-state index contributed by atoms with van der Waals surface area (Å²) >= 11 is 0. The van der Waals surface area contributed by atoms with Gasteiger partial charge in [0.15, 0.2) is 0 Å². The summed E-state index contributed by atoms with van der Waals surface area (Å²) in [6.45, 7) is 0.128. The third kappa shape index (κ3) is 4.15. The van der Waals surface area contributed by atoms with Gasteiger partial charge in [-0.25, -0.2) is 0 Å². The number of hydrogen-bond donors (Lipinski definition) is 2. The van der Waals surface area contributed by atoms with Crippen LogP contribution < -0.4 is 10.6 Å². The van der Waals surface area contributed by atoms with Gasteiger partial charge in [-0.15, -0.1) is 0 Å². The van der Waals surface area contributed by atoms with E-state index >= 15 is 0 Å². The molecule has 2 rings (SSSR count). The minimum Gasteiger partial charge on any atom is -0.467 e. The molecule has 0 aliphatic rings. The quantitative estimate of drug-likeness (QED) is 0.804. The Bertz CT molecular complexity index is 584. The largest absolute Gasteiger partial charge is 0.467 e. The van der Waals surface area contributed by atoms with E-state index in [2.05, 4.69) is 15.6 Å². The molecule has 7 nitrogen and oxygen atoms in total. The third-order valence-electron chi connectivity index (χ3n) is 2.72. The second-order valence-corrected chi connectivity index (χ2v) is 4.15. The van der Waals surface area contributed by atoms with E-state index in [0.717, 1.165) is 0 Å². The van der Waals surface area contributed by atoms with Crippen LogP contribution in [0, 0.1) is 0 Å². The first-order chi connectivity index (χ1) is 10.2. The third-order valence-corrected chi connectivity index (χ3v) is 2.72. The van der Waals surface area contributed by atoms with Crippen molar-refractivity contribution in [2.45, 2.75) is 6.10 Å². The summed E-state index contributed by atoms with van der Waals surface area (Å²) in [5.74, 6) is -0.949. The highest BCUT2D eigenvalue weighted by Crippen LogP contribution is 2.15. The fourth-order valence-electron chi connectivity index (χ4n) is 1.66. The molecule has 0 bridgehead atoms. The van der Waals surface area contributed by atoms with E-state index < -0.39 is 17.9 Å². The van der Waals surface area contributed by atoms with Gasteiger partial charge in [-0.1, -0.05) is 0 Å². The van der Waals surface area contributed by atoms with E-state index in [9.17, 15) is 9.59 Å². The first-order valence-electron chi connectivity index (χ1n) is 6.26. The zero-order chi connectivity index (χ0) is 15.1. The Morgan fingerprint density at radius 3 is 2.81 bits per heavy atom. The molecule has 2 amide bonds. The smallest absolute Gasteiger partial charge is 0.313 e. The van der Waals surface area contributed by atoms with E-state index in [1.807, 2.05) is 0 Å². The molecule has 2 aromatic heterocycles. The van der Waals surface area contributed by atoms with E-state index in [4.69, 9.17) is 9.15 Å². The van der Waals surface area contributed by atoms with Gasteiger partial charge in [0.2, 0.25) is 0 Å². The summed E-state index contributed by atoms with van der Waals surface area (Å²) in [7, 11) is 1.50. The number of nitrogens with one attached hydrogen (secondary N) is 2. The van der Waals surface area contributed by atoms with Gasteiger partial charge in [-0.3, -0.25) is 14.6 Å². The number of amides is 2. The lowest BCUT2D eigenvalue weighted by atomic mass is 10.2. The summed E-state index contributed by atoms with van der Waals surface area (Å²) in [6.07, 6.45) is 4.09. The van der Waals surface area contributed by atoms with E-state index in [1.54, 1.807) is 30.5 Å². The van der Waals surface area contributed by atoms with Crippen LogP contribution in [0.3, 0.4) is 0 Å². The Morgan fingerprint density at radius 2 is 2.19 bits per heavy atom. The fraction of sp³-hybridized carbons (Fsp3) is 0.214. The van der Waals surface area contributed by atoms with Crippen LogP contribution in [0.15, 0.2) is 47.3 Å². The Kier molecular flexibility index (Phi) is 5.05. The number of carbonyl (C=O) groups is 2. The molecule has 2 aromatic rings. The number of carbonyl (C=O) groups excluding carboxylic acids is 2.